The van der Waals surface area contributed by atoms with E-state index in [-0.39, 0.29) is 48.6 Å². The Labute approximate surface area is 202 Å². The predicted molar refractivity (Wildman–Crippen MR) is 134 cm³/mol. The summed E-state index contributed by atoms with van der Waals surface area (Å²) >= 11 is 0. The Hall–Kier alpha value is -2.32. The van der Waals surface area contributed by atoms with Crippen molar-refractivity contribution in [3.05, 3.63) is 24.0 Å². The molecule has 1 amide bonds. The molecule has 1 saturated carbocycles. The first-order valence-corrected chi connectivity index (χ1v) is 10.6. The van der Waals surface area contributed by atoms with Crippen molar-refractivity contribution in [2.45, 2.75) is 58.5 Å². The Kier molecular flexibility index (Phi) is 11.0. The molecule has 0 aliphatic heterocycles. The molecule has 0 saturated heterocycles. The summed E-state index contributed by atoms with van der Waals surface area (Å²) < 4.78 is 5.38. The van der Waals surface area contributed by atoms with Gasteiger partial charge in [-0.05, 0) is 43.9 Å². The average molecular weight is 485 g/mol. The summed E-state index contributed by atoms with van der Waals surface area (Å²) in [4.78, 5) is 21.7. The number of hydrogen-bond donors (Lipinski definition) is 4. The number of amidine groups is 1. The van der Waals surface area contributed by atoms with Crippen molar-refractivity contribution in [1.82, 2.24) is 20.6 Å². The van der Waals surface area contributed by atoms with Crippen molar-refractivity contribution in [3.8, 4) is 5.75 Å². The molecule has 1 aromatic carbocycles. The number of methoxy groups -OCH3 is 1. The Morgan fingerprint density at radius 3 is 2.50 bits per heavy atom. The van der Waals surface area contributed by atoms with Gasteiger partial charge in [-0.25, -0.2) is 9.97 Å². The lowest BCUT2D eigenvalue weighted by atomic mass is 9.90. The molecule has 10 heteroatoms. The van der Waals surface area contributed by atoms with Gasteiger partial charge in [0.15, 0.2) is 0 Å². The van der Waals surface area contributed by atoms with Crippen molar-refractivity contribution in [2.24, 2.45) is 5.92 Å². The van der Waals surface area contributed by atoms with Crippen LogP contribution in [0.25, 0.3) is 10.9 Å². The molecule has 1 fully saturated rings. The van der Waals surface area contributed by atoms with Crippen LogP contribution in [0.3, 0.4) is 0 Å². The number of rotatable bonds is 7. The van der Waals surface area contributed by atoms with E-state index in [2.05, 4.69) is 25.9 Å². The van der Waals surface area contributed by atoms with E-state index in [4.69, 9.17) is 10.1 Å². The molecule has 178 valence electrons. The van der Waals surface area contributed by atoms with E-state index in [1.54, 1.807) is 14.0 Å². The van der Waals surface area contributed by atoms with Crippen LogP contribution in [0.4, 0.5) is 5.82 Å². The maximum Gasteiger partial charge on any atom is 0.289 e. The van der Waals surface area contributed by atoms with Crippen LogP contribution in [0.2, 0.25) is 0 Å². The third kappa shape index (κ3) is 7.10. The molecule has 0 bridgehead atoms. The first-order valence-electron chi connectivity index (χ1n) is 10.6. The molecule has 0 radical (unpaired) electrons. The molecule has 8 nitrogen and oxygen atoms in total. The Bertz CT molecular complexity index is 925. The summed E-state index contributed by atoms with van der Waals surface area (Å²) in [6.45, 7) is 6.41. The zero-order valence-corrected chi connectivity index (χ0v) is 20.7. The van der Waals surface area contributed by atoms with Crippen LogP contribution < -0.4 is 20.7 Å². The lowest BCUT2D eigenvalue weighted by molar-refractivity contribution is 0.0939. The standard InChI is InChI=1S/C22H32N6O2.2ClH/c1-13(2)12-24-22(29)21-26-17-10-9-15(30-4)11-16(17)20(28-21)27-19-8-6-5-7-18(19)25-14(3)23;;/h9-11,13,18-19H,5-8,12H2,1-4H3,(H2,23,25)(H,24,29)(H,26,27,28);2*1H/t18-,19+;;/m1../s1. The van der Waals surface area contributed by atoms with Gasteiger partial charge < -0.3 is 20.7 Å². The molecule has 0 spiro atoms. The van der Waals surface area contributed by atoms with Gasteiger partial charge in [0, 0.05) is 24.0 Å². The molecule has 4 N–H and O–H groups in total. The number of carbonyl (C=O) groups excluding carboxylic acids is 1. The fraction of sp³-hybridized carbons (Fsp3) is 0.545. The van der Waals surface area contributed by atoms with Gasteiger partial charge in [0.05, 0.1) is 18.5 Å². The third-order valence-electron chi connectivity index (χ3n) is 5.27. The summed E-state index contributed by atoms with van der Waals surface area (Å²) in [6, 6.07) is 5.82. The molecular weight excluding hydrogens is 451 g/mol. The number of amides is 1. The van der Waals surface area contributed by atoms with E-state index >= 15 is 0 Å². The molecule has 0 unspecified atom stereocenters. The number of anilines is 1. The average Bonchev–Trinajstić information content (AvgIpc) is 2.72. The zero-order chi connectivity index (χ0) is 21.7. The van der Waals surface area contributed by atoms with Gasteiger partial charge >= 0.3 is 0 Å². The third-order valence-corrected chi connectivity index (χ3v) is 5.27. The number of hydrogen-bond acceptors (Lipinski definition) is 6. The van der Waals surface area contributed by atoms with E-state index < -0.39 is 0 Å². The summed E-state index contributed by atoms with van der Waals surface area (Å²) in [5.41, 5.74) is 0.687. The molecule has 32 heavy (non-hydrogen) atoms. The van der Waals surface area contributed by atoms with Crippen molar-refractivity contribution in [2.75, 3.05) is 19.0 Å². The van der Waals surface area contributed by atoms with E-state index in [0.717, 1.165) is 31.1 Å². The lowest BCUT2D eigenvalue weighted by Crippen LogP contribution is -2.48. The van der Waals surface area contributed by atoms with Crippen LogP contribution in [0.1, 0.15) is 57.1 Å². The van der Waals surface area contributed by atoms with Crippen molar-refractivity contribution < 1.29 is 9.53 Å². The van der Waals surface area contributed by atoms with Gasteiger partial charge in [0.25, 0.3) is 5.91 Å². The molecule has 1 aliphatic rings. The van der Waals surface area contributed by atoms with Gasteiger partial charge in [0.2, 0.25) is 5.82 Å². The highest BCUT2D eigenvalue weighted by atomic mass is 35.5. The van der Waals surface area contributed by atoms with Crippen LogP contribution in [-0.4, -0.2) is 47.4 Å². The van der Waals surface area contributed by atoms with Crippen molar-refractivity contribution in [1.29, 1.82) is 5.41 Å². The topological polar surface area (TPSA) is 112 Å². The Balaban J connectivity index is 0.00000256. The molecule has 2 atom stereocenters. The van der Waals surface area contributed by atoms with Crippen molar-refractivity contribution >= 4 is 53.3 Å². The minimum absolute atomic E-state index is 0. The second-order valence-electron chi connectivity index (χ2n) is 8.29. The van der Waals surface area contributed by atoms with Gasteiger partial charge in [-0.1, -0.05) is 26.7 Å². The molecular formula is C22H34Cl2N6O2. The number of benzene rings is 1. The number of halogens is 2. The molecule has 2 aromatic rings. The quantitative estimate of drug-likeness (QED) is 0.346. The van der Waals surface area contributed by atoms with E-state index in [0.29, 0.717) is 35.4 Å². The molecule has 1 heterocycles. The fourth-order valence-electron chi connectivity index (χ4n) is 3.75. The summed E-state index contributed by atoms with van der Waals surface area (Å²) in [6.07, 6.45) is 4.20. The number of nitrogens with zero attached hydrogens (tertiary/aromatic N) is 2. The van der Waals surface area contributed by atoms with Crippen LogP contribution >= 0.6 is 24.8 Å². The first kappa shape index (κ1) is 27.7. The number of fused-ring (bicyclic) bond motifs is 1. The predicted octanol–water partition coefficient (Wildman–Crippen LogP) is 4.18. The highest BCUT2D eigenvalue weighted by Crippen LogP contribution is 2.28. The second kappa shape index (κ2) is 12.6. The van der Waals surface area contributed by atoms with Crippen LogP contribution in [-0.2, 0) is 0 Å². The van der Waals surface area contributed by atoms with Gasteiger partial charge in [0.1, 0.15) is 11.6 Å². The van der Waals surface area contributed by atoms with Gasteiger partial charge in [-0.15, -0.1) is 24.8 Å². The number of carbonyl (C=O) groups is 1. The van der Waals surface area contributed by atoms with E-state index in [9.17, 15) is 4.79 Å². The minimum Gasteiger partial charge on any atom is -0.497 e. The minimum atomic E-state index is -0.280. The first-order chi connectivity index (χ1) is 14.4. The van der Waals surface area contributed by atoms with Crippen molar-refractivity contribution in [3.63, 3.8) is 0 Å². The lowest BCUT2D eigenvalue weighted by Gasteiger charge is -2.33. The number of aromatic nitrogens is 2. The molecule has 1 aliphatic carbocycles. The monoisotopic (exact) mass is 484 g/mol. The SMILES string of the molecule is COc1ccc2nc(C(=O)NCC(C)C)nc(N[C@H]3CCCC[C@H]3NC(C)=N)c2c1.Cl.Cl. The molecule has 3 rings (SSSR count). The second-order valence-corrected chi connectivity index (χ2v) is 8.29. The largest absolute Gasteiger partial charge is 0.497 e. The van der Waals surface area contributed by atoms with Crippen LogP contribution in [0, 0.1) is 11.3 Å². The van der Waals surface area contributed by atoms with Crippen LogP contribution in [0.15, 0.2) is 18.2 Å². The number of nitrogens with one attached hydrogen (secondary N) is 4. The van der Waals surface area contributed by atoms with Gasteiger partial charge in [-0.3, -0.25) is 10.2 Å². The maximum absolute atomic E-state index is 12.6. The highest BCUT2D eigenvalue weighted by molar-refractivity contribution is 5.97. The van der Waals surface area contributed by atoms with Gasteiger partial charge in [-0.2, -0.15) is 0 Å². The fourth-order valence-corrected chi connectivity index (χ4v) is 3.75. The summed E-state index contributed by atoms with van der Waals surface area (Å²) in [7, 11) is 1.62. The maximum atomic E-state index is 12.6. The Morgan fingerprint density at radius 2 is 1.88 bits per heavy atom. The van der Waals surface area contributed by atoms with Crippen LogP contribution in [0.5, 0.6) is 5.75 Å². The summed E-state index contributed by atoms with van der Waals surface area (Å²) in [5.74, 6) is 2.00. The van der Waals surface area contributed by atoms with E-state index in [1.165, 1.54) is 0 Å². The normalized spacial score (nSPS) is 17.7. The summed E-state index contributed by atoms with van der Waals surface area (Å²) in [5, 5.41) is 18.3. The number of ether oxygens (including phenoxy) is 1. The zero-order valence-electron chi connectivity index (χ0n) is 19.0. The molecule has 1 aromatic heterocycles. The Morgan fingerprint density at radius 1 is 1.19 bits per heavy atom. The van der Waals surface area contributed by atoms with E-state index in [1.807, 2.05) is 32.0 Å². The smallest absolute Gasteiger partial charge is 0.289 e. The highest BCUT2D eigenvalue weighted by Gasteiger charge is 2.26.